The van der Waals surface area contributed by atoms with Crippen molar-refractivity contribution in [2.45, 2.75) is 50.6 Å². The molecule has 30 heavy (non-hydrogen) atoms. The topological polar surface area (TPSA) is 71.1 Å². The third kappa shape index (κ3) is 5.18. The molecule has 1 saturated carbocycles. The number of amides is 1. The van der Waals surface area contributed by atoms with Gasteiger partial charge in [-0.2, -0.15) is 0 Å². The second-order valence-electron chi connectivity index (χ2n) is 7.68. The number of halogens is 1. The zero-order valence-corrected chi connectivity index (χ0v) is 18.1. The van der Waals surface area contributed by atoms with Crippen LogP contribution in [0.1, 0.15) is 48.2 Å². The molecule has 0 atom stereocenters. The highest BCUT2D eigenvalue weighted by atomic mass is 35.5. The standard InChI is InChI=1S/C23H24ClN3O2S/c24-15-3-8-18-19(11-12-25-20(18)14-15)26-16-4-6-17(7-5-16)27-23(29)10-9-21(28)22-2-1-13-30-22/h1-3,8,11-14,16-17H,4-7,9-10H2,(H,25,26)(H,27,29). The Labute approximate surface area is 184 Å². The van der Waals surface area contributed by atoms with Crippen molar-refractivity contribution in [3.8, 4) is 0 Å². The second-order valence-corrected chi connectivity index (χ2v) is 9.06. The van der Waals surface area contributed by atoms with Gasteiger partial charge >= 0.3 is 0 Å². The normalized spacial score (nSPS) is 18.8. The van der Waals surface area contributed by atoms with Crippen molar-refractivity contribution in [2.24, 2.45) is 0 Å². The number of carbonyl (C=O) groups excluding carboxylic acids is 2. The molecule has 2 aromatic heterocycles. The highest BCUT2D eigenvalue weighted by Crippen LogP contribution is 2.28. The zero-order valence-electron chi connectivity index (χ0n) is 16.6. The Morgan fingerprint density at radius 3 is 2.63 bits per heavy atom. The summed E-state index contributed by atoms with van der Waals surface area (Å²) in [5, 5.41) is 10.4. The quantitative estimate of drug-likeness (QED) is 0.478. The Hall–Kier alpha value is -2.44. The average Bonchev–Trinajstić information content (AvgIpc) is 3.28. The van der Waals surface area contributed by atoms with Crippen LogP contribution in [-0.2, 0) is 4.79 Å². The van der Waals surface area contributed by atoms with E-state index in [0.717, 1.165) is 47.2 Å². The molecule has 1 aliphatic rings. The largest absolute Gasteiger partial charge is 0.382 e. The summed E-state index contributed by atoms with van der Waals surface area (Å²) in [6, 6.07) is 11.9. The van der Waals surface area contributed by atoms with Gasteiger partial charge in [0.2, 0.25) is 5.91 Å². The number of pyridine rings is 1. The van der Waals surface area contributed by atoms with Crippen LogP contribution < -0.4 is 10.6 Å². The van der Waals surface area contributed by atoms with Gasteiger partial charge in [-0.1, -0.05) is 17.7 Å². The molecule has 1 amide bonds. The molecule has 2 heterocycles. The number of ketones is 1. The number of thiophene rings is 1. The monoisotopic (exact) mass is 441 g/mol. The minimum Gasteiger partial charge on any atom is -0.382 e. The molecular weight excluding hydrogens is 418 g/mol. The van der Waals surface area contributed by atoms with Crippen LogP contribution in [0, 0.1) is 0 Å². The number of hydrogen-bond donors (Lipinski definition) is 2. The summed E-state index contributed by atoms with van der Waals surface area (Å²) in [4.78, 5) is 29.4. The first kappa shape index (κ1) is 20.8. The van der Waals surface area contributed by atoms with E-state index in [1.165, 1.54) is 11.3 Å². The van der Waals surface area contributed by atoms with Crippen LogP contribution in [0.25, 0.3) is 10.9 Å². The molecule has 0 saturated heterocycles. The predicted molar refractivity (Wildman–Crippen MR) is 122 cm³/mol. The number of anilines is 1. The minimum atomic E-state index is -0.0340. The molecule has 4 rings (SSSR count). The van der Waals surface area contributed by atoms with Gasteiger partial charge < -0.3 is 10.6 Å². The number of fused-ring (bicyclic) bond motifs is 1. The van der Waals surface area contributed by atoms with Crippen molar-refractivity contribution in [3.63, 3.8) is 0 Å². The smallest absolute Gasteiger partial charge is 0.220 e. The van der Waals surface area contributed by atoms with Crippen molar-refractivity contribution >= 4 is 51.2 Å². The maximum Gasteiger partial charge on any atom is 0.220 e. The van der Waals surface area contributed by atoms with E-state index in [9.17, 15) is 9.59 Å². The molecule has 0 radical (unpaired) electrons. The van der Waals surface area contributed by atoms with E-state index in [4.69, 9.17) is 11.6 Å². The molecular formula is C23H24ClN3O2S. The number of nitrogens with zero attached hydrogens (tertiary/aromatic N) is 1. The molecule has 5 nitrogen and oxygen atoms in total. The highest BCUT2D eigenvalue weighted by molar-refractivity contribution is 7.12. The SMILES string of the molecule is O=C(CCC(=O)c1cccs1)NC1CCC(Nc2ccnc3cc(Cl)ccc23)CC1. The van der Waals surface area contributed by atoms with Crippen LogP contribution in [0.15, 0.2) is 48.0 Å². The van der Waals surface area contributed by atoms with Crippen molar-refractivity contribution in [2.75, 3.05) is 5.32 Å². The molecule has 1 aromatic carbocycles. The Morgan fingerprint density at radius 1 is 1.07 bits per heavy atom. The van der Waals surface area contributed by atoms with Gasteiger partial charge in [-0.3, -0.25) is 14.6 Å². The highest BCUT2D eigenvalue weighted by Gasteiger charge is 2.23. The summed E-state index contributed by atoms with van der Waals surface area (Å²) in [7, 11) is 0. The maximum atomic E-state index is 12.2. The van der Waals surface area contributed by atoms with Crippen LogP contribution in [0.2, 0.25) is 5.02 Å². The van der Waals surface area contributed by atoms with E-state index in [0.29, 0.717) is 11.1 Å². The molecule has 7 heteroatoms. The zero-order chi connectivity index (χ0) is 20.9. The second kappa shape index (κ2) is 9.58. The van der Waals surface area contributed by atoms with Gasteiger partial charge in [-0.05, 0) is 61.4 Å². The molecule has 0 unspecified atom stereocenters. The van der Waals surface area contributed by atoms with Crippen LogP contribution >= 0.6 is 22.9 Å². The summed E-state index contributed by atoms with van der Waals surface area (Å²) in [5.41, 5.74) is 1.95. The van der Waals surface area contributed by atoms with Crippen LogP contribution in [0.3, 0.4) is 0 Å². The number of aromatic nitrogens is 1. The third-order valence-corrected chi connectivity index (χ3v) is 6.68. The number of benzene rings is 1. The first-order chi connectivity index (χ1) is 14.6. The lowest BCUT2D eigenvalue weighted by Gasteiger charge is -2.30. The van der Waals surface area contributed by atoms with E-state index < -0.39 is 0 Å². The van der Waals surface area contributed by atoms with E-state index in [1.54, 1.807) is 12.3 Å². The molecule has 0 spiro atoms. The number of nitrogens with one attached hydrogen (secondary N) is 2. The number of rotatable bonds is 7. The lowest BCUT2D eigenvalue weighted by molar-refractivity contribution is -0.122. The molecule has 0 aliphatic heterocycles. The molecule has 156 valence electrons. The van der Waals surface area contributed by atoms with E-state index in [-0.39, 0.29) is 30.6 Å². The molecule has 2 N–H and O–H groups in total. The Kier molecular flexibility index (Phi) is 6.65. The van der Waals surface area contributed by atoms with E-state index in [1.807, 2.05) is 35.7 Å². The minimum absolute atomic E-state index is 0.0340. The Morgan fingerprint density at radius 2 is 1.87 bits per heavy atom. The van der Waals surface area contributed by atoms with Crippen molar-refractivity contribution in [1.82, 2.24) is 10.3 Å². The lowest BCUT2D eigenvalue weighted by Crippen LogP contribution is -2.40. The average molecular weight is 442 g/mol. The van der Waals surface area contributed by atoms with Crippen LogP contribution in [-0.4, -0.2) is 28.8 Å². The van der Waals surface area contributed by atoms with Gasteiger partial charge in [0.1, 0.15) is 0 Å². The molecule has 3 aromatic rings. The van der Waals surface area contributed by atoms with Crippen LogP contribution in [0.4, 0.5) is 5.69 Å². The van der Waals surface area contributed by atoms with Gasteiger partial charge in [0.25, 0.3) is 0 Å². The molecule has 0 bridgehead atoms. The number of carbonyl (C=O) groups is 2. The first-order valence-corrected chi connectivity index (χ1v) is 11.5. The fraction of sp³-hybridized carbons (Fsp3) is 0.348. The summed E-state index contributed by atoms with van der Waals surface area (Å²) in [6.45, 7) is 0. The van der Waals surface area contributed by atoms with Crippen molar-refractivity contribution in [3.05, 3.63) is 57.9 Å². The van der Waals surface area contributed by atoms with Crippen molar-refractivity contribution in [1.29, 1.82) is 0 Å². The van der Waals surface area contributed by atoms with E-state index in [2.05, 4.69) is 15.6 Å². The molecule has 1 fully saturated rings. The number of Topliss-reactive ketones (excluding diaryl/α,β-unsaturated/α-hetero) is 1. The predicted octanol–water partition coefficient (Wildman–Crippen LogP) is 5.45. The summed E-state index contributed by atoms with van der Waals surface area (Å²) in [6.07, 6.45) is 6.13. The summed E-state index contributed by atoms with van der Waals surface area (Å²) < 4.78 is 0. The molecule has 1 aliphatic carbocycles. The van der Waals surface area contributed by atoms with Gasteiger partial charge in [0, 0.05) is 47.2 Å². The number of hydrogen-bond acceptors (Lipinski definition) is 5. The van der Waals surface area contributed by atoms with E-state index >= 15 is 0 Å². The Bertz CT molecular complexity index is 1030. The van der Waals surface area contributed by atoms with Gasteiger partial charge in [0.05, 0.1) is 10.4 Å². The Balaban J connectivity index is 1.24. The fourth-order valence-corrected chi connectivity index (χ4v) is 4.80. The fourth-order valence-electron chi connectivity index (χ4n) is 3.94. The first-order valence-electron chi connectivity index (χ1n) is 10.3. The van der Waals surface area contributed by atoms with Crippen molar-refractivity contribution < 1.29 is 9.59 Å². The summed E-state index contributed by atoms with van der Waals surface area (Å²) >= 11 is 7.49. The summed E-state index contributed by atoms with van der Waals surface area (Å²) in [5.74, 6) is 0.00671. The van der Waals surface area contributed by atoms with Gasteiger partial charge in [0.15, 0.2) is 5.78 Å². The van der Waals surface area contributed by atoms with Gasteiger partial charge in [-0.25, -0.2) is 0 Å². The van der Waals surface area contributed by atoms with Crippen LogP contribution in [0.5, 0.6) is 0 Å². The third-order valence-electron chi connectivity index (χ3n) is 5.53. The van der Waals surface area contributed by atoms with Gasteiger partial charge in [-0.15, -0.1) is 11.3 Å². The lowest BCUT2D eigenvalue weighted by atomic mass is 9.90. The maximum absolute atomic E-state index is 12.2.